The molecule has 0 aliphatic carbocycles. The van der Waals surface area contributed by atoms with Crippen LogP contribution < -0.4 is 0 Å². The summed E-state index contributed by atoms with van der Waals surface area (Å²) in [5.41, 5.74) is 0. The van der Waals surface area contributed by atoms with Crippen LogP contribution in [0.25, 0.3) is 0 Å². The minimum atomic E-state index is 0.155. The molecule has 0 amide bonds. The predicted octanol–water partition coefficient (Wildman–Crippen LogP) is 0.907. The SMILES string of the molecule is N#CB1CCC(=O)CC1. The molecule has 0 aromatic heterocycles. The van der Waals surface area contributed by atoms with E-state index in [0.717, 1.165) is 12.6 Å². The standard InChI is InChI=1S/C6H8BNO/c8-5-7-3-1-6(9)2-4-7/h1-4H2. The highest BCUT2D eigenvalue weighted by atomic mass is 16.1. The lowest BCUT2D eigenvalue weighted by Crippen LogP contribution is -2.19. The number of nitriles is 1. The number of nitrogens with zero attached hydrogens (tertiary/aromatic N) is 1. The fraction of sp³-hybridized carbons (Fsp3) is 0.667. The molecule has 1 aliphatic heterocycles. The Morgan fingerprint density at radius 1 is 1.44 bits per heavy atom. The number of ketones is 1. The molecule has 0 atom stereocenters. The van der Waals surface area contributed by atoms with Crippen molar-refractivity contribution in [3.05, 3.63) is 0 Å². The van der Waals surface area contributed by atoms with E-state index in [0.29, 0.717) is 18.6 Å². The van der Waals surface area contributed by atoms with Crippen molar-refractivity contribution in [2.45, 2.75) is 25.5 Å². The lowest BCUT2D eigenvalue weighted by molar-refractivity contribution is -0.118. The molecule has 0 aromatic carbocycles. The van der Waals surface area contributed by atoms with E-state index >= 15 is 0 Å². The third-order valence-electron chi connectivity index (χ3n) is 1.73. The minimum Gasteiger partial charge on any atom is -0.300 e. The Hall–Kier alpha value is -0.775. The van der Waals surface area contributed by atoms with E-state index in [1.165, 1.54) is 0 Å². The zero-order valence-corrected chi connectivity index (χ0v) is 5.26. The van der Waals surface area contributed by atoms with E-state index in [-0.39, 0.29) is 6.71 Å². The van der Waals surface area contributed by atoms with Gasteiger partial charge in [0.1, 0.15) is 5.78 Å². The Morgan fingerprint density at radius 3 is 2.44 bits per heavy atom. The van der Waals surface area contributed by atoms with Gasteiger partial charge < -0.3 is 0 Å². The number of Topliss-reactive ketones (excluding diaryl/α,β-unsaturated/α-hetero) is 1. The van der Waals surface area contributed by atoms with Gasteiger partial charge in [-0.1, -0.05) is 12.6 Å². The zero-order valence-electron chi connectivity index (χ0n) is 5.26. The molecule has 46 valence electrons. The highest BCUT2D eigenvalue weighted by Gasteiger charge is 2.21. The molecule has 9 heavy (non-hydrogen) atoms. The molecule has 1 saturated heterocycles. The van der Waals surface area contributed by atoms with Crippen LogP contribution in [0.1, 0.15) is 12.8 Å². The van der Waals surface area contributed by atoms with Crippen LogP contribution in [-0.2, 0) is 4.79 Å². The Balaban J connectivity index is 2.37. The van der Waals surface area contributed by atoms with Crippen molar-refractivity contribution in [2.24, 2.45) is 0 Å². The molecule has 0 spiro atoms. The van der Waals surface area contributed by atoms with Crippen LogP contribution in [0.3, 0.4) is 0 Å². The van der Waals surface area contributed by atoms with Gasteiger partial charge in [0, 0.05) is 18.8 Å². The fourth-order valence-electron chi connectivity index (χ4n) is 1.07. The highest BCUT2D eigenvalue weighted by Crippen LogP contribution is 2.14. The van der Waals surface area contributed by atoms with Gasteiger partial charge in [-0.05, 0) is 0 Å². The van der Waals surface area contributed by atoms with Gasteiger partial charge in [-0.15, -0.1) is 0 Å². The van der Waals surface area contributed by atoms with E-state index in [2.05, 4.69) is 5.97 Å². The molecule has 0 radical (unpaired) electrons. The van der Waals surface area contributed by atoms with E-state index < -0.39 is 0 Å². The first-order chi connectivity index (χ1) is 4.33. The van der Waals surface area contributed by atoms with Crippen molar-refractivity contribution in [3.8, 4) is 5.97 Å². The summed E-state index contributed by atoms with van der Waals surface area (Å²) in [4.78, 5) is 10.6. The van der Waals surface area contributed by atoms with Crippen LogP contribution in [0.5, 0.6) is 0 Å². The van der Waals surface area contributed by atoms with Crippen molar-refractivity contribution < 1.29 is 4.79 Å². The minimum absolute atomic E-state index is 0.155. The Kier molecular flexibility index (Phi) is 1.89. The van der Waals surface area contributed by atoms with Gasteiger partial charge in [-0.25, -0.2) is 5.26 Å². The van der Waals surface area contributed by atoms with Crippen LogP contribution in [0.15, 0.2) is 0 Å². The van der Waals surface area contributed by atoms with E-state index in [4.69, 9.17) is 5.26 Å². The molecule has 2 nitrogen and oxygen atoms in total. The molecule has 1 heterocycles. The lowest BCUT2D eigenvalue weighted by atomic mass is 9.43. The smallest absolute Gasteiger partial charge is 0.268 e. The van der Waals surface area contributed by atoms with Crippen molar-refractivity contribution in [1.82, 2.24) is 0 Å². The fourth-order valence-corrected chi connectivity index (χ4v) is 1.07. The van der Waals surface area contributed by atoms with Crippen LogP contribution in [0.2, 0.25) is 12.6 Å². The zero-order chi connectivity index (χ0) is 6.69. The third kappa shape index (κ3) is 1.57. The summed E-state index contributed by atoms with van der Waals surface area (Å²) in [6.07, 6.45) is 2.82. The topological polar surface area (TPSA) is 40.9 Å². The van der Waals surface area contributed by atoms with Crippen LogP contribution in [0, 0.1) is 11.2 Å². The summed E-state index contributed by atoms with van der Waals surface area (Å²) in [6, 6.07) is 0. The number of carbonyl (C=O) groups excluding carboxylic acids is 1. The summed E-state index contributed by atoms with van der Waals surface area (Å²) in [6.45, 7) is 0.155. The van der Waals surface area contributed by atoms with Crippen molar-refractivity contribution in [2.75, 3.05) is 0 Å². The first-order valence-electron chi connectivity index (χ1n) is 3.24. The van der Waals surface area contributed by atoms with Gasteiger partial charge in [0.2, 0.25) is 0 Å². The highest BCUT2D eigenvalue weighted by molar-refractivity contribution is 6.67. The molecule has 1 fully saturated rings. The number of hydrogen-bond donors (Lipinski definition) is 0. The molecule has 0 N–H and O–H groups in total. The first-order valence-corrected chi connectivity index (χ1v) is 3.24. The summed E-state index contributed by atoms with van der Waals surface area (Å²) < 4.78 is 0. The van der Waals surface area contributed by atoms with E-state index in [9.17, 15) is 4.79 Å². The Morgan fingerprint density at radius 2 is 2.00 bits per heavy atom. The molecule has 0 saturated carbocycles. The average Bonchev–Trinajstić information content (AvgIpc) is 1.90. The second kappa shape index (κ2) is 2.68. The Bertz CT molecular complexity index is 151. The molecular weight excluding hydrogens is 113 g/mol. The maximum absolute atomic E-state index is 10.6. The molecule has 0 bridgehead atoms. The predicted molar refractivity (Wildman–Crippen MR) is 35.2 cm³/mol. The van der Waals surface area contributed by atoms with Crippen molar-refractivity contribution in [1.29, 1.82) is 5.26 Å². The van der Waals surface area contributed by atoms with Crippen molar-refractivity contribution >= 4 is 12.5 Å². The normalized spacial score (nSPS) is 19.4. The average molecular weight is 121 g/mol. The number of hydrogen-bond acceptors (Lipinski definition) is 2. The second-order valence-corrected chi connectivity index (χ2v) is 2.44. The maximum atomic E-state index is 10.6. The molecule has 0 unspecified atom stereocenters. The summed E-state index contributed by atoms with van der Waals surface area (Å²) in [5, 5.41) is 8.42. The summed E-state index contributed by atoms with van der Waals surface area (Å²) >= 11 is 0. The van der Waals surface area contributed by atoms with Gasteiger partial charge in [0.25, 0.3) is 6.71 Å². The van der Waals surface area contributed by atoms with Gasteiger partial charge >= 0.3 is 0 Å². The molecule has 1 aliphatic rings. The van der Waals surface area contributed by atoms with E-state index in [1.54, 1.807) is 0 Å². The first kappa shape index (κ1) is 6.35. The largest absolute Gasteiger partial charge is 0.300 e. The van der Waals surface area contributed by atoms with E-state index in [1.807, 2.05) is 0 Å². The summed E-state index contributed by atoms with van der Waals surface area (Å²) in [5.74, 6) is 2.49. The van der Waals surface area contributed by atoms with Gasteiger partial charge in [0.05, 0.1) is 0 Å². The van der Waals surface area contributed by atoms with Gasteiger partial charge in [-0.3, -0.25) is 4.79 Å². The van der Waals surface area contributed by atoms with Crippen LogP contribution in [-0.4, -0.2) is 12.5 Å². The third-order valence-corrected chi connectivity index (χ3v) is 1.73. The number of rotatable bonds is 0. The van der Waals surface area contributed by atoms with Gasteiger partial charge in [0.15, 0.2) is 0 Å². The maximum Gasteiger partial charge on any atom is 0.268 e. The van der Waals surface area contributed by atoms with Gasteiger partial charge in [-0.2, -0.15) is 0 Å². The second-order valence-electron chi connectivity index (χ2n) is 2.44. The molecule has 1 rings (SSSR count). The molecule has 0 aromatic rings. The van der Waals surface area contributed by atoms with Crippen LogP contribution >= 0.6 is 0 Å². The summed E-state index contributed by atoms with van der Waals surface area (Å²) in [7, 11) is 0. The lowest BCUT2D eigenvalue weighted by Gasteiger charge is -2.09. The van der Waals surface area contributed by atoms with Crippen LogP contribution in [0.4, 0.5) is 0 Å². The van der Waals surface area contributed by atoms with Crippen molar-refractivity contribution in [3.63, 3.8) is 0 Å². The quantitative estimate of drug-likeness (QED) is 0.446. The monoisotopic (exact) mass is 121 g/mol. The molecule has 3 heteroatoms. The number of carbonyl (C=O) groups is 1. The molecular formula is C6H8BNO. The Labute approximate surface area is 54.9 Å².